The average Bonchev–Trinajstić information content (AvgIpc) is 2.91. The highest BCUT2D eigenvalue weighted by Crippen LogP contribution is 2.16. The van der Waals surface area contributed by atoms with Crippen LogP contribution in [0.5, 0.6) is 0 Å². The number of amides is 1. The van der Waals surface area contributed by atoms with Crippen LogP contribution in [0.2, 0.25) is 0 Å². The van der Waals surface area contributed by atoms with Gasteiger partial charge in [0.15, 0.2) is 0 Å². The molecule has 0 aliphatic heterocycles. The Kier molecular flexibility index (Phi) is 5.65. The van der Waals surface area contributed by atoms with Gasteiger partial charge in [0.1, 0.15) is 5.69 Å². The van der Waals surface area contributed by atoms with Crippen molar-refractivity contribution in [1.29, 1.82) is 0 Å². The molecule has 1 heterocycles. The largest absolute Gasteiger partial charge is 0.316 e. The van der Waals surface area contributed by atoms with Crippen molar-refractivity contribution >= 4 is 22.4 Å². The third kappa shape index (κ3) is 3.71. The number of hydrogen-bond acceptors (Lipinski definition) is 3. The lowest BCUT2D eigenvalue weighted by Gasteiger charge is -2.07. The standard InChI is InChI=1S/C21H23N3O3S/c1-14(2)28(27)18-12-10-16(11-13-18)20(25)22-19-15(3)23(4)24(21(19)26)17-8-6-5-7-9-17/h5-14H,1-4H3,(H,22,25)/t28-/m0/s1. The Morgan fingerprint density at radius 2 is 1.64 bits per heavy atom. The normalized spacial score (nSPS) is 12.2. The predicted octanol–water partition coefficient (Wildman–Crippen LogP) is 3.25. The van der Waals surface area contributed by atoms with Crippen LogP contribution in [-0.4, -0.2) is 24.7 Å². The SMILES string of the molecule is Cc1c(NC(=O)c2ccc([S@@](=O)C(C)C)cc2)c(=O)n(-c2ccccc2)n1C. The zero-order valence-corrected chi connectivity index (χ0v) is 17.1. The summed E-state index contributed by atoms with van der Waals surface area (Å²) < 4.78 is 15.4. The number of rotatable bonds is 5. The van der Waals surface area contributed by atoms with Crippen LogP contribution >= 0.6 is 0 Å². The molecule has 6 nitrogen and oxygen atoms in total. The van der Waals surface area contributed by atoms with E-state index in [0.29, 0.717) is 16.2 Å². The number of para-hydroxylation sites is 1. The lowest BCUT2D eigenvalue weighted by molar-refractivity contribution is 0.102. The summed E-state index contributed by atoms with van der Waals surface area (Å²) in [7, 11) is 0.662. The second-order valence-corrected chi connectivity index (χ2v) is 8.77. The summed E-state index contributed by atoms with van der Waals surface area (Å²) in [6.45, 7) is 5.55. The zero-order chi connectivity index (χ0) is 20.4. The molecule has 0 spiro atoms. The van der Waals surface area contributed by atoms with Crippen molar-refractivity contribution in [3.63, 3.8) is 0 Å². The Hall–Kier alpha value is -2.93. The van der Waals surface area contributed by atoms with Crippen molar-refractivity contribution in [1.82, 2.24) is 9.36 Å². The molecule has 0 aliphatic rings. The maximum atomic E-state index is 12.9. The summed E-state index contributed by atoms with van der Waals surface area (Å²) in [6.07, 6.45) is 0. The maximum absolute atomic E-state index is 12.9. The number of nitrogens with zero attached hydrogens (tertiary/aromatic N) is 2. The summed E-state index contributed by atoms with van der Waals surface area (Å²) in [5, 5.41) is 2.73. The summed E-state index contributed by atoms with van der Waals surface area (Å²) in [4.78, 5) is 26.2. The number of carbonyl (C=O) groups excluding carboxylic acids is 1. The molecule has 3 aromatic rings. The molecule has 2 aromatic carbocycles. The first-order chi connectivity index (χ1) is 13.3. The second kappa shape index (κ2) is 7.98. The van der Waals surface area contributed by atoms with Gasteiger partial charge in [-0.25, -0.2) is 4.68 Å². The first-order valence-corrected chi connectivity index (χ1v) is 10.2. The number of anilines is 1. The first-order valence-electron chi connectivity index (χ1n) is 8.97. The molecule has 3 rings (SSSR count). The highest BCUT2D eigenvalue weighted by Gasteiger charge is 2.19. The third-order valence-corrected chi connectivity index (χ3v) is 6.16. The van der Waals surface area contributed by atoms with Crippen LogP contribution in [0, 0.1) is 6.92 Å². The second-order valence-electron chi connectivity index (χ2n) is 6.76. The van der Waals surface area contributed by atoms with Gasteiger partial charge in [-0.15, -0.1) is 0 Å². The van der Waals surface area contributed by atoms with Crippen LogP contribution in [0.4, 0.5) is 5.69 Å². The van der Waals surface area contributed by atoms with Gasteiger partial charge < -0.3 is 5.32 Å². The average molecular weight is 398 g/mol. The summed E-state index contributed by atoms with van der Waals surface area (Å²) in [5.41, 5.74) is 1.72. The number of nitrogens with one attached hydrogen (secondary N) is 1. The molecule has 0 radical (unpaired) electrons. The minimum Gasteiger partial charge on any atom is -0.316 e. The fourth-order valence-corrected chi connectivity index (χ4v) is 3.86. The monoisotopic (exact) mass is 397 g/mol. The molecule has 7 heteroatoms. The van der Waals surface area contributed by atoms with Crippen molar-refractivity contribution < 1.29 is 9.00 Å². The van der Waals surface area contributed by atoms with E-state index in [1.165, 1.54) is 4.68 Å². The van der Waals surface area contributed by atoms with Gasteiger partial charge in [-0.2, -0.15) is 0 Å². The number of benzene rings is 2. The van der Waals surface area contributed by atoms with Crippen LogP contribution in [0.1, 0.15) is 29.9 Å². The van der Waals surface area contributed by atoms with Crippen molar-refractivity contribution in [2.45, 2.75) is 30.9 Å². The van der Waals surface area contributed by atoms with Gasteiger partial charge >= 0.3 is 0 Å². The van der Waals surface area contributed by atoms with Gasteiger partial charge in [0.25, 0.3) is 11.5 Å². The minimum absolute atomic E-state index is 0.00287. The van der Waals surface area contributed by atoms with E-state index >= 15 is 0 Å². The Morgan fingerprint density at radius 1 is 1.04 bits per heavy atom. The Labute approximate surface area is 166 Å². The van der Waals surface area contributed by atoms with Crippen LogP contribution < -0.4 is 10.9 Å². The molecule has 0 bridgehead atoms. The van der Waals surface area contributed by atoms with Crippen molar-refractivity contribution in [3.8, 4) is 5.69 Å². The van der Waals surface area contributed by atoms with Crippen molar-refractivity contribution in [3.05, 3.63) is 76.2 Å². The lowest BCUT2D eigenvalue weighted by atomic mass is 10.2. The molecule has 146 valence electrons. The summed E-state index contributed by atoms with van der Waals surface area (Å²) in [6, 6.07) is 15.9. The van der Waals surface area contributed by atoms with Gasteiger partial charge in [0.05, 0.1) is 22.2 Å². The summed E-state index contributed by atoms with van der Waals surface area (Å²) in [5.74, 6) is -0.382. The molecule has 0 saturated heterocycles. The molecule has 0 aliphatic carbocycles. The molecule has 0 saturated carbocycles. The first kappa shape index (κ1) is 19.8. The molecular weight excluding hydrogens is 374 g/mol. The summed E-state index contributed by atoms with van der Waals surface area (Å²) >= 11 is 0. The zero-order valence-electron chi connectivity index (χ0n) is 16.3. The third-order valence-electron chi connectivity index (χ3n) is 4.57. The van der Waals surface area contributed by atoms with Crippen LogP contribution in [0.3, 0.4) is 0 Å². The van der Waals surface area contributed by atoms with Gasteiger partial charge in [-0.3, -0.25) is 18.5 Å². The molecule has 28 heavy (non-hydrogen) atoms. The topological polar surface area (TPSA) is 73.1 Å². The van der Waals surface area contributed by atoms with Gasteiger partial charge in [0.2, 0.25) is 0 Å². The Morgan fingerprint density at radius 3 is 2.21 bits per heavy atom. The van der Waals surface area contributed by atoms with Crippen LogP contribution in [-0.2, 0) is 17.8 Å². The van der Waals surface area contributed by atoms with E-state index in [0.717, 1.165) is 5.69 Å². The molecule has 0 fully saturated rings. The van der Waals surface area contributed by atoms with Crippen LogP contribution in [0.15, 0.2) is 64.3 Å². The smallest absolute Gasteiger partial charge is 0.295 e. The molecule has 0 unspecified atom stereocenters. The fourth-order valence-electron chi connectivity index (χ4n) is 2.91. The maximum Gasteiger partial charge on any atom is 0.295 e. The Balaban J connectivity index is 1.89. The van der Waals surface area contributed by atoms with E-state index < -0.39 is 10.8 Å². The van der Waals surface area contributed by atoms with Gasteiger partial charge in [-0.05, 0) is 43.3 Å². The minimum atomic E-state index is -1.11. The Bertz CT molecular complexity index is 1080. The molecule has 1 aromatic heterocycles. The van der Waals surface area contributed by atoms with Crippen LogP contribution in [0.25, 0.3) is 5.69 Å². The highest BCUT2D eigenvalue weighted by molar-refractivity contribution is 7.85. The van der Waals surface area contributed by atoms with Gasteiger partial charge in [0, 0.05) is 22.8 Å². The fraction of sp³-hybridized carbons (Fsp3) is 0.238. The molecule has 1 amide bonds. The van der Waals surface area contributed by atoms with E-state index in [2.05, 4.69) is 5.32 Å². The van der Waals surface area contributed by atoms with E-state index in [4.69, 9.17) is 0 Å². The van der Waals surface area contributed by atoms with E-state index in [-0.39, 0.29) is 22.4 Å². The van der Waals surface area contributed by atoms with E-state index in [1.807, 2.05) is 44.2 Å². The number of carbonyl (C=O) groups is 1. The van der Waals surface area contributed by atoms with E-state index in [1.54, 1.807) is 42.9 Å². The van der Waals surface area contributed by atoms with Gasteiger partial charge in [-0.1, -0.05) is 32.0 Å². The van der Waals surface area contributed by atoms with Crippen molar-refractivity contribution in [2.75, 3.05) is 5.32 Å². The molecule has 1 N–H and O–H groups in total. The number of aromatic nitrogens is 2. The number of hydrogen-bond donors (Lipinski definition) is 1. The molecule has 1 atom stereocenters. The predicted molar refractivity (Wildman–Crippen MR) is 112 cm³/mol. The van der Waals surface area contributed by atoms with Crippen molar-refractivity contribution in [2.24, 2.45) is 7.05 Å². The van der Waals surface area contributed by atoms with E-state index in [9.17, 15) is 13.8 Å². The lowest BCUT2D eigenvalue weighted by Crippen LogP contribution is -2.23. The highest BCUT2D eigenvalue weighted by atomic mass is 32.2. The molecular formula is C21H23N3O3S. The quantitative estimate of drug-likeness (QED) is 0.718.